The monoisotopic (exact) mass is 263 g/mol. The highest BCUT2D eigenvalue weighted by atomic mass is 16.6. The van der Waals surface area contributed by atoms with Crippen molar-refractivity contribution in [3.63, 3.8) is 0 Å². The molecular weight excluding hydrogens is 254 g/mol. The fourth-order valence-electron chi connectivity index (χ4n) is 1.42. The first-order chi connectivity index (χ1) is 9.11. The quantitative estimate of drug-likeness (QED) is 0.281. The smallest absolute Gasteiger partial charge is 0.433 e. The van der Waals surface area contributed by atoms with Gasteiger partial charge in [-0.2, -0.15) is 0 Å². The summed E-state index contributed by atoms with van der Waals surface area (Å²) in [6.45, 7) is 0. The molecule has 0 fully saturated rings. The molecule has 0 aromatic carbocycles. The fraction of sp³-hybridized carbons (Fsp3) is 0. The van der Waals surface area contributed by atoms with E-state index in [1.54, 1.807) is 12.1 Å². The van der Waals surface area contributed by atoms with E-state index in [-0.39, 0.29) is 17.1 Å². The topological polar surface area (TPSA) is 125 Å². The molecule has 0 saturated carbocycles. The standard InChI is InChI=1S/C11H9N3O5/c12-13-11(15)8(9-2-1-5-18-9)6-7-3-4-10(19-7)14(16)17/h1-6H,12H2,(H,13,15)/b8-6+. The molecule has 19 heavy (non-hydrogen) atoms. The Morgan fingerprint density at radius 3 is 2.74 bits per heavy atom. The third kappa shape index (κ3) is 2.69. The van der Waals surface area contributed by atoms with E-state index >= 15 is 0 Å². The van der Waals surface area contributed by atoms with Gasteiger partial charge in [0.1, 0.15) is 16.4 Å². The molecule has 3 N–H and O–H groups in total. The van der Waals surface area contributed by atoms with Gasteiger partial charge in [-0.1, -0.05) is 0 Å². The van der Waals surface area contributed by atoms with Crippen LogP contribution < -0.4 is 11.3 Å². The van der Waals surface area contributed by atoms with E-state index in [9.17, 15) is 14.9 Å². The molecule has 2 heterocycles. The molecule has 2 rings (SSSR count). The molecule has 8 nitrogen and oxygen atoms in total. The summed E-state index contributed by atoms with van der Waals surface area (Å²) in [4.78, 5) is 21.4. The minimum atomic E-state index is -0.674. The number of nitrogens with two attached hydrogens (primary N) is 1. The van der Waals surface area contributed by atoms with Gasteiger partial charge < -0.3 is 8.83 Å². The number of hydrazine groups is 1. The van der Waals surface area contributed by atoms with Crippen molar-refractivity contribution >= 4 is 23.4 Å². The number of furan rings is 2. The average Bonchev–Trinajstić information content (AvgIpc) is 3.05. The Morgan fingerprint density at radius 2 is 2.21 bits per heavy atom. The van der Waals surface area contributed by atoms with Gasteiger partial charge in [-0.25, -0.2) is 5.84 Å². The van der Waals surface area contributed by atoms with Crippen molar-refractivity contribution in [1.82, 2.24) is 5.43 Å². The Kier molecular flexibility index (Phi) is 3.44. The molecule has 0 aliphatic carbocycles. The highest BCUT2D eigenvalue weighted by Crippen LogP contribution is 2.22. The van der Waals surface area contributed by atoms with Crippen molar-refractivity contribution in [3.8, 4) is 0 Å². The van der Waals surface area contributed by atoms with Gasteiger partial charge in [-0.05, 0) is 24.3 Å². The summed E-state index contributed by atoms with van der Waals surface area (Å²) in [7, 11) is 0. The lowest BCUT2D eigenvalue weighted by molar-refractivity contribution is -0.402. The van der Waals surface area contributed by atoms with E-state index in [0.29, 0.717) is 0 Å². The van der Waals surface area contributed by atoms with Crippen molar-refractivity contribution in [2.45, 2.75) is 0 Å². The summed E-state index contributed by atoms with van der Waals surface area (Å²) in [5.41, 5.74) is 2.05. The van der Waals surface area contributed by atoms with Crippen LogP contribution in [0, 0.1) is 10.1 Å². The van der Waals surface area contributed by atoms with E-state index in [4.69, 9.17) is 14.7 Å². The number of carbonyl (C=O) groups is 1. The molecule has 2 aromatic heterocycles. The number of rotatable bonds is 4. The maximum Gasteiger partial charge on any atom is 0.433 e. The summed E-state index contributed by atoms with van der Waals surface area (Å²) >= 11 is 0. The van der Waals surface area contributed by atoms with Crippen LogP contribution >= 0.6 is 0 Å². The van der Waals surface area contributed by atoms with Gasteiger partial charge in [0, 0.05) is 0 Å². The van der Waals surface area contributed by atoms with Crippen LogP contribution in [0.5, 0.6) is 0 Å². The first-order valence-corrected chi connectivity index (χ1v) is 5.12. The Bertz CT molecular complexity index is 627. The van der Waals surface area contributed by atoms with Crippen molar-refractivity contribution < 1.29 is 18.6 Å². The van der Waals surface area contributed by atoms with E-state index in [2.05, 4.69) is 0 Å². The average molecular weight is 263 g/mol. The van der Waals surface area contributed by atoms with Gasteiger partial charge >= 0.3 is 5.88 Å². The predicted molar refractivity (Wildman–Crippen MR) is 64.3 cm³/mol. The highest BCUT2D eigenvalue weighted by molar-refractivity contribution is 6.23. The van der Waals surface area contributed by atoms with Crippen molar-refractivity contribution in [2.75, 3.05) is 0 Å². The van der Waals surface area contributed by atoms with E-state index in [1.807, 2.05) is 5.43 Å². The Labute approximate surface area is 106 Å². The number of amides is 1. The lowest BCUT2D eigenvalue weighted by Gasteiger charge is -2.01. The molecule has 0 aliphatic heterocycles. The number of hydrogen-bond donors (Lipinski definition) is 2. The lowest BCUT2D eigenvalue weighted by Crippen LogP contribution is -2.30. The van der Waals surface area contributed by atoms with Crippen molar-refractivity contribution in [3.05, 3.63) is 52.2 Å². The van der Waals surface area contributed by atoms with Gasteiger partial charge in [0.25, 0.3) is 5.91 Å². The molecule has 0 unspecified atom stereocenters. The zero-order valence-electron chi connectivity index (χ0n) is 9.53. The maximum absolute atomic E-state index is 11.6. The molecule has 0 radical (unpaired) electrons. The third-order valence-corrected chi connectivity index (χ3v) is 2.24. The second-order valence-corrected chi connectivity index (χ2v) is 3.44. The highest BCUT2D eigenvalue weighted by Gasteiger charge is 2.16. The third-order valence-electron chi connectivity index (χ3n) is 2.24. The number of nitrogens with one attached hydrogen (secondary N) is 1. The maximum atomic E-state index is 11.6. The largest absolute Gasteiger partial charge is 0.464 e. The molecule has 0 saturated heterocycles. The van der Waals surface area contributed by atoms with E-state index in [1.165, 1.54) is 24.5 Å². The summed E-state index contributed by atoms with van der Waals surface area (Å²) in [6.07, 6.45) is 2.69. The summed E-state index contributed by atoms with van der Waals surface area (Å²) in [6, 6.07) is 5.70. The lowest BCUT2D eigenvalue weighted by atomic mass is 10.1. The Hall–Kier alpha value is -2.87. The molecule has 1 amide bonds. The SMILES string of the molecule is NNC(=O)/C(=C/c1ccc([N+](=O)[O-])o1)c1ccco1. The second-order valence-electron chi connectivity index (χ2n) is 3.44. The fourth-order valence-corrected chi connectivity index (χ4v) is 1.42. The Morgan fingerprint density at radius 1 is 1.42 bits per heavy atom. The second kappa shape index (κ2) is 5.19. The van der Waals surface area contributed by atoms with Crippen molar-refractivity contribution in [2.24, 2.45) is 5.84 Å². The minimum absolute atomic E-state index is 0.0942. The van der Waals surface area contributed by atoms with E-state index < -0.39 is 16.7 Å². The molecule has 2 aromatic rings. The summed E-state index contributed by atoms with van der Waals surface area (Å²) in [5, 5.41) is 10.5. The van der Waals surface area contributed by atoms with Crippen LogP contribution in [0.3, 0.4) is 0 Å². The summed E-state index contributed by atoms with van der Waals surface area (Å²) in [5.74, 6) is 4.45. The first kappa shape index (κ1) is 12.6. The van der Waals surface area contributed by atoms with Crippen LogP contribution in [0.25, 0.3) is 11.6 Å². The number of carbonyl (C=O) groups excluding carboxylic acids is 1. The first-order valence-electron chi connectivity index (χ1n) is 5.12. The summed E-state index contributed by atoms with van der Waals surface area (Å²) < 4.78 is 10.0. The van der Waals surface area contributed by atoms with Crippen LogP contribution in [0.1, 0.15) is 11.5 Å². The van der Waals surface area contributed by atoms with Gasteiger partial charge in [-0.3, -0.25) is 20.3 Å². The van der Waals surface area contributed by atoms with Crippen LogP contribution in [-0.2, 0) is 4.79 Å². The molecule has 0 bridgehead atoms. The van der Waals surface area contributed by atoms with Gasteiger partial charge in [0.05, 0.1) is 17.9 Å². The zero-order valence-corrected chi connectivity index (χ0v) is 9.53. The molecular formula is C11H9N3O5. The Balaban J connectivity index is 2.39. The van der Waals surface area contributed by atoms with Crippen LogP contribution in [0.4, 0.5) is 5.88 Å². The predicted octanol–water partition coefficient (Wildman–Crippen LogP) is 1.31. The number of nitro groups is 1. The van der Waals surface area contributed by atoms with Gasteiger partial charge in [0.15, 0.2) is 0 Å². The van der Waals surface area contributed by atoms with Gasteiger partial charge in [-0.15, -0.1) is 0 Å². The molecule has 8 heteroatoms. The van der Waals surface area contributed by atoms with Crippen LogP contribution in [-0.4, -0.2) is 10.8 Å². The van der Waals surface area contributed by atoms with Crippen LogP contribution in [0.15, 0.2) is 39.4 Å². The number of hydrogen-bond acceptors (Lipinski definition) is 6. The molecule has 0 atom stereocenters. The molecule has 0 aliphatic rings. The van der Waals surface area contributed by atoms with E-state index in [0.717, 1.165) is 0 Å². The zero-order chi connectivity index (χ0) is 13.8. The molecule has 0 spiro atoms. The van der Waals surface area contributed by atoms with Crippen molar-refractivity contribution in [1.29, 1.82) is 0 Å². The van der Waals surface area contributed by atoms with Crippen LogP contribution in [0.2, 0.25) is 0 Å². The minimum Gasteiger partial charge on any atom is -0.464 e. The molecule has 98 valence electrons. The number of nitrogens with zero attached hydrogens (tertiary/aromatic N) is 1. The normalized spacial score (nSPS) is 11.3. The van der Waals surface area contributed by atoms with Gasteiger partial charge in [0.2, 0.25) is 0 Å².